The highest BCUT2D eigenvalue weighted by Gasteiger charge is 2.37. The summed E-state index contributed by atoms with van der Waals surface area (Å²) in [6.07, 6.45) is 1.02. The SMILES string of the molecule is C[C@@H]([C@H](C)C=O)[C@H]1COC(C)(C)O1. The number of carbonyl (C=O) groups excluding carboxylic acids is 1. The van der Waals surface area contributed by atoms with Gasteiger partial charge in [0.1, 0.15) is 6.29 Å². The molecule has 0 amide bonds. The molecule has 0 aromatic carbocycles. The van der Waals surface area contributed by atoms with Gasteiger partial charge in [0.05, 0.1) is 12.7 Å². The summed E-state index contributed by atoms with van der Waals surface area (Å²) in [5.41, 5.74) is 0. The molecule has 3 heteroatoms. The predicted octanol–water partition coefficient (Wildman–Crippen LogP) is 1.61. The van der Waals surface area contributed by atoms with Crippen LogP contribution in [-0.4, -0.2) is 24.8 Å². The molecule has 1 rings (SSSR count). The number of hydrogen-bond donors (Lipinski definition) is 0. The quantitative estimate of drug-likeness (QED) is 0.628. The second-order valence-electron chi connectivity index (χ2n) is 4.22. The Balaban J connectivity index is 2.51. The second kappa shape index (κ2) is 3.76. The Morgan fingerprint density at radius 1 is 1.46 bits per heavy atom. The van der Waals surface area contributed by atoms with Crippen molar-refractivity contribution in [3.05, 3.63) is 0 Å². The van der Waals surface area contributed by atoms with Crippen molar-refractivity contribution in [1.29, 1.82) is 0 Å². The van der Waals surface area contributed by atoms with Crippen LogP contribution in [0, 0.1) is 11.8 Å². The third-order valence-corrected chi connectivity index (χ3v) is 2.66. The van der Waals surface area contributed by atoms with Crippen LogP contribution in [0.2, 0.25) is 0 Å². The van der Waals surface area contributed by atoms with Crippen molar-refractivity contribution < 1.29 is 14.3 Å². The van der Waals surface area contributed by atoms with Gasteiger partial charge in [-0.05, 0) is 19.8 Å². The molecule has 3 nitrogen and oxygen atoms in total. The molecule has 1 aliphatic heterocycles. The summed E-state index contributed by atoms with van der Waals surface area (Å²) in [6.45, 7) is 8.31. The summed E-state index contributed by atoms with van der Waals surface area (Å²) in [4.78, 5) is 10.6. The van der Waals surface area contributed by atoms with Crippen LogP contribution < -0.4 is 0 Å². The minimum absolute atomic E-state index is 0.0301. The lowest BCUT2D eigenvalue weighted by Crippen LogP contribution is -2.29. The highest BCUT2D eigenvalue weighted by Crippen LogP contribution is 2.29. The zero-order valence-corrected chi connectivity index (χ0v) is 8.74. The molecule has 0 unspecified atom stereocenters. The van der Waals surface area contributed by atoms with Crippen molar-refractivity contribution in [1.82, 2.24) is 0 Å². The van der Waals surface area contributed by atoms with Gasteiger partial charge in [0.25, 0.3) is 0 Å². The van der Waals surface area contributed by atoms with Gasteiger partial charge in [0, 0.05) is 5.92 Å². The minimum Gasteiger partial charge on any atom is -0.348 e. The smallest absolute Gasteiger partial charge is 0.163 e. The molecule has 0 bridgehead atoms. The zero-order valence-electron chi connectivity index (χ0n) is 8.74. The maximum atomic E-state index is 10.6. The van der Waals surface area contributed by atoms with Crippen molar-refractivity contribution in [2.75, 3.05) is 6.61 Å². The Labute approximate surface area is 79.4 Å². The Hall–Kier alpha value is -0.410. The van der Waals surface area contributed by atoms with Crippen molar-refractivity contribution in [2.45, 2.75) is 39.6 Å². The van der Waals surface area contributed by atoms with Crippen LogP contribution in [0.4, 0.5) is 0 Å². The van der Waals surface area contributed by atoms with Crippen LogP contribution in [0.15, 0.2) is 0 Å². The van der Waals surface area contributed by atoms with Gasteiger partial charge in [-0.2, -0.15) is 0 Å². The molecule has 0 spiro atoms. The number of aldehydes is 1. The number of carbonyl (C=O) groups is 1. The van der Waals surface area contributed by atoms with Crippen molar-refractivity contribution in [2.24, 2.45) is 11.8 Å². The maximum absolute atomic E-state index is 10.6. The van der Waals surface area contributed by atoms with Crippen molar-refractivity contribution in [3.63, 3.8) is 0 Å². The van der Waals surface area contributed by atoms with Gasteiger partial charge >= 0.3 is 0 Å². The lowest BCUT2D eigenvalue weighted by atomic mass is 9.92. The van der Waals surface area contributed by atoms with Gasteiger partial charge in [0.2, 0.25) is 0 Å². The predicted molar refractivity (Wildman–Crippen MR) is 49.3 cm³/mol. The zero-order chi connectivity index (χ0) is 10.1. The van der Waals surface area contributed by atoms with Gasteiger partial charge in [-0.1, -0.05) is 13.8 Å². The highest BCUT2D eigenvalue weighted by atomic mass is 16.7. The molecule has 0 aromatic rings. The molecule has 0 radical (unpaired) electrons. The van der Waals surface area contributed by atoms with E-state index < -0.39 is 5.79 Å². The van der Waals surface area contributed by atoms with Crippen molar-refractivity contribution in [3.8, 4) is 0 Å². The summed E-state index contributed by atoms with van der Waals surface area (Å²) >= 11 is 0. The van der Waals surface area contributed by atoms with Crippen LogP contribution in [0.1, 0.15) is 27.7 Å². The van der Waals surface area contributed by atoms with Crippen molar-refractivity contribution >= 4 is 6.29 Å². The van der Waals surface area contributed by atoms with E-state index in [9.17, 15) is 4.79 Å². The van der Waals surface area contributed by atoms with E-state index in [2.05, 4.69) is 0 Å². The standard InChI is InChI=1S/C10H18O3/c1-7(5-11)8(2)9-6-12-10(3,4)13-9/h5,7-9H,6H2,1-4H3/t7-,8+,9-/m1/s1. The fourth-order valence-electron chi connectivity index (χ4n) is 1.44. The van der Waals surface area contributed by atoms with E-state index in [0.29, 0.717) is 6.61 Å². The van der Waals surface area contributed by atoms with Gasteiger partial charge in [-0.3, -0.25) is 0 Å². The third-order valence-electron chi connectivity index (χ3n) is 2.66. The largest absolute Gasteiger partial charge is 0.348 e. The Morgan fingerprint density at radius 3 is 2.46 bits per heavy atom. The fourth-order valence-corrected chi connectivity index (χ4v) is 1.44. The lowest BCUT2D eigenvalue weighted by molar-refractivity contribution is -0.147. The fraction of sp³-hybridized carbons (Fsp3) is 0.900. The molecule has 76 valence electrons. The third kappa shape index (κ3) is 2.51. The second-order valence-corrected chi connectivity index (χ2v) is 4.22. The summed E-state index contributed by atoms with van der Waals surface area (Å²) in [5, 5.41) is 0. The van der Waals surface area contributed by atoms with Gasteiger partial charge < -0.3 is 14.3 Å². The normalized spacial score (nSPS) is 31.2. The van der Waals surface area contributed by atoms with E-state index >= 15 is 0 Å². The molecular formula is C10H18O3. The Kier molecular flexibility index (Phi) is 3.09. The molecule has 13 heavy (non-hydrogen) atoms. The molecule has 0 aromatic heterocycles. The molecule has 0 aliphatic carbocycles. The van der Waals surface area contributed by atoms with Gasteiger partial charge in [-0.15, -0.1) is 0 Å². The van der Waals surface area contributed by atoms with E-state index in [1.54, 1.807) is 0 Å². The molecule has 1 saturated heterocycles. The summed E-state index contributed by atoms with van der Waals surface area (Å²) in [7, 11) is 0. The first-order valence-corrected chi connectivity index (χ1v) is 4.73. The topological polar surface area (TPSA) is 35.5 Å². The average Bonchev–Trinajstić information content (AvgIpc) is 2.43. The first-order chi connectivity index (χ1) is 5.96. The summed E-state index contributed by atoms with van der Waals surface area (Å²) < 4.78 is 11.1. The van der Waals surface area contributed by atoms with E-state index in [-0.39, 0.29) is 17.9 Å². The average molecular weight is 186 g/mol. The molecule has 0 N–H and O–H groups in total. The number of hydrogen-bond acceptors (Lipinski definition) is 3. The highest BCUT2D eigenvalue weighted by molar-refractivity contribution is 5.53. The van der Waals surface area contributed by atoms with Crippen LogP contribution >= 0.6 is 0 Å². The molecule has 1 fully saturated rings. The van der Waals surface area contributed by atoms with Crippen LogP contribution in [-0.2, 0) is 14.3 Å². The lowest BCUT2D eigenvalue weighted by Gasteiger charge is -2.22. The Bertz CT molecular complexity index is 189. The summed E-state index contributed by atoms with van der Waals surface area (Å²) in [6, 6.07) is 0. The van der Waals surface area contributed by atoms with Gasteiger partial charge in [-0.25, -0.2) is 0 Å². The first-order valence-electron chi connectivity index (χ1n) is 4.73. The van der Waals surface area contributed by atoms with E-state index in [1.807, 2.05) is 27.7 Å². The van der Waals surface area contributed by atoms with Crippen LogP contribution in [0.5, 0.6) is 0 Å². The van der Waals surface area contributed by atoms with E-state index in [4.69, 9.17) is 9.47 Å². The monoisotopic (exact) mass is 186 g/mol. The molecule has 1 heterocycles. The number of ether oxygens (including phenoxy) is 2. The molecule has 0 saturated carbocycles. The van der Waals surface area contributed by atoms with E-state index in [0.717, 1.165) is 6.29 Å². The van der Waals surface area contributed by atoms with Gasteiger partial charge in [0.15, 0.2) is 5.79 Å². The van der Waals surface area contributed by atoms with Crippen LogP contribution in [0.3, 0.4) is 0 Å². The Morgan fingerprint density at radius 2 is 2.08 bits per heavy atom. The minimum atomic E-state index is -0.485. The van der Waals surface area contributed by atoms with Crippen LogP contribution in [0.25, 0.3) is 0 Å². The first kappa shape index (κ1) is 10.7. The molecular weight excluding hydrogens is 168 g/mol. The molecule has 3 atom stereocenters. The maximum Gasteiger partial charge on any atom is 0.163 e. The van der Waals surface area contributed by atoms with E-state index in [1.165, 1.54) is 0 Å². The molecule has 1 aliphatic rings. The summed E-state index contributed by atoms with van der Waals surface area (Å²) in [5.74, 6) is -0.233. The number of rotatable bonds is 3.